The molecule has 3 aromatic rings. The van der Waals surface area contributed by atoms with Crippen LogP contribution in [0.2, 0.25) is 0 Å². The number of pyridine rings is 2. The fraction of sp³-hybridized carbons (Fsp3) is 0.227. The van der Waals surface area contributed by atoms with Crippen LogP contribution in [-0.2, 0) is 6.18 Å². The highest BCUT2D eigenvalue weighted by atomic mass is 19.4. The van der Waals surface area contributed by atoms with E-state index < -0.39 is 23.6 Å². The minimum absolute atomic E-state index is 0.159. The van der Waals surface area contributed by atoms with E-state index in [0.717, 1.165) is 36.6 Å². The van der Waals surface area contributed by atoms with Crippen LogP contribution >= 0.6 is 0 Å². The van der Waals surface area contributed by atoms with Crippen LogP contribution < -0.4 is 15.1 Å². The number of hydrogen-bond donors (Lipinski definition) is 1. The molecule has 2 bridgehead atoms. The van der Waals surface area contributed by atoms with Gasteiger partial charge in [-0.15, -0.1) is 0 Å². The Kier molecular flexibility index (Phi) is 4.72. The predicted molar refractivity (Wildman–Crippen MR) is 111 cm³/mol. The second kappa shape index (κ2) is 7.47. The summed E-state index contributed by atoms with van der Waals surface area (Å²) in [4.78, 5) is 25.0. The molecule has 1 unspecified atom stereocenters. The number of anilines is 3. The van der Waals surface area contributed by atoms with Crippen molar-refractivity contribution in [3.8, 4) is 11.3 Å². The number of halogens is 4. The molecule has 2 aliphatic heterocycles. The van der Waals surface area contributed by atoms with E-state index in [1.54, 1.807) is 18.2 Å². The van der Waals surface area contributed by atoms with Crippen LogP contribution in [0, 0.1) is 5.82 Å². The number of aromatic nitrogens is 2. The highest BCUT2D eigenvalue weighted by Crippen LogP contribution is 2.41. The predicted octanol–water partition coefficient (Wildman–Crippen LogP) is 4.93. The number of nitrogens with zero attached hydrogens (tertiary/aromatic N) is 4. The number of rotatable bonds is 2. The van der Waals surface area contributed by atoms with Gasteiger partial charge in [-0.3, -0.25) is 9.88 Å². The SMILES string of the molecule is O=C(Nc1cncc(F)c1)N1c2nc(-c3cccc(C(F)(F)F)c3)ccc2N2CCC1C2. The first-order valence-corrected chi connectivity index (χ1v) is 9.94. The maximum Gasteiger partial charge on any atom is 0.416 e. The zero-order valence-corrected chi connectivity index (χ0v) is 16.6. The molecular formula is C22H17F4N5O. The first-order valence-electron chi connectivity index (χ1n) is 9.94. The minimum Gasteiger partial charge on any atom is -0.366 e. The van der Waals surface area contributed by atoms with Gasteiger partial charge in [-0.25, -0.2) is 14.2 Å². The van der Waals surface area contributed by atoms with Crippen molar-refractivity contribution in [3.63, 3.8) is 0 Å². The van der Waals surface area contributed by atoms with Gasteiger partial charge in [-0.1, -0.05) is 12.1 Å². The number of benzene rings is 1. The third-order valence-corrected chi connectivity index (χ3v) is 5.61. The molecule has 0 spiro atoms. The summed E-state index contributed by atoms with van der Waals surface area (Å²) in [5, 5.41) is 2.64. The summed E-state index contributed by atoms with van der Waals surface area (Å²) in [6.07, 6.45) is -1.40. The van der Waals surface area contributed by atoms with Crippen molar-refractivity contribution >= 4 is 23.2 Å². The van der Waals surface area contributed by atoms with Gasteiger partial charge in [0, 0.05) is 24.7 Å². The Balaban J connectivity index is 1.53. The van der Waals surface area contributed by atoms with Crippen LogP contribution in [0.15, 0.2) is 54.9 Å². The summed E-state index contributed by atoms with van der Waals surface area (Å²) >= 11 is 0. The average Bonchev–Trinajstić information content (AvgIpc) is 3.17. The van der Waals surface area contributed by atoms with E-state index in [-0.39, 0.29) is 11.7 Å². The summed E-state index contributed by atoms with van der Waals surface area (Å²) in [5.41, 5.74) is 0.771. The Morgan fingerprint density at radius 2 is 1.97 bits per heavy atom. The quantitative estimate of drug-likeness (QED) is 0.571. The summed E-state index contributed by atoms with van der Waals surface area (Å²) in [5.74, 6) is -0.227. The standard InChI is InChI=1S/C22H17F4N5O/c23-15-9-16(11-27-10-15)28-21(32)31-17-6-7-30(12-17)19-5-4-18(29-20(19)31)13-2-1-3-14(8-13)22(24,25)26/h1-5,8-11,17H,6-7,12H2,(H,28,32). The molecule has 0 radical (unpaired) electrons. The molecule has 2 amide bonds. The van der Waals surface area contributed by atoms with Crippen molar-refractivity contribution in [3.05, 3.63) is 66.2 Å². The molecule has 32 heavy (non-hydrogen) atoms. The number of amides is 2. The maximum absolute atomic E-state index is 13.5. The lowest BCUT2D eigenvalue weighted by Gasteiger charge is -2.36. The normalized spacial score (nSPS) is 17.3. The number of urea groups is 1. The molecular weight excluding hydrogens is 426 g/mol. The molecule has 1 aromatic carbocycles. The van der Waals surface area contributed by atoms with Crippen LogP contribution in [0.5, 0.6) is 0 Å². The number of carbonyl (C=O) groups is 1. The second-order valence-corrected chi connectivity index (χ2v) is 7.70. The van der Waals surface area contributed by atoms with Crippen molar-refractivity contribution in [2.24, 2.45) is 0 Å². The van der Waals surface area contributed by atoms with Crippen LogP contribution in [0.25, 0.3) is 11.3 Å². The van der Waals surface area contributed by atoms with Gasteiger partial charge in [0.1, 0.15) is 5.82 Å². The minimum atomic E-state index is -4.47. The lowest BCUT2D eigenvalue weighted by atomic mass is 10.1. The lowest BCUT2D eigenvalue weighted by molar-refractivity contribution is -0.137. The zero-order chi connectivity index (χ0) is 22.5. The van der Waals surface area contributed by atoms with E-state index in [9.17, 15) is 22.4 Å². The van der Waals surface area contributed by atoms with Crippen molar-refractivity contribution in [2.75, 3.05) is 28.2 Å². The van der Waals surface area contributed by atoms with Gasteiger partial charge in [0.15, 0.2) is 5.82 Å². The average molecular weight is 443 g/mol. The van der Waals surface area contributed by atoms with Gasteiger partial charge < -0.3 is 10.2 Å². The largest absolute Gasteiger partial charge is 0.416 e. The van der Waals surface area contributed by atoms with Crippen molar-refractivity contribution in [2.45, 2.75) is 18.6 Å². The number of alkyl halides is 3. The molecule has 4 heterocycles. The van der Waals surface area contributed by atoms with Crippen molar-refractivity contribution in [1.82, 2.24) is 9.97 Å². The van der Waals surface area contributed by atoms with Crippen LogP contribution in [0.3, 0.4) is 0 Å². The Morgan fingerprint density at radius 1 is 1.12 bits per heavy atom. The molecule has 2 aromatic heterocycles. The van der Waals surface area contributed by atoms with Gasteiger partial charge >= 0.3 is 12.2 Å². The monoisotopic (exact) mass is 443 g/mol. The molecule has 0 saturated carbocycles. The molecule has 1 atom stereocenters. The van der Waals surface area contributed by atoms with E-state index in [1.165, 1.54) is 17.2 Å². The summed E-state index contributed by atoms with van der Waals surface area (Å²) in [6.45, 7) is 1.35. The Morgan fingerprint density at radius 3 is 2.75 bits per heavy atom. The molecule has 5 rings (SSSR count). The maximum atomic E-state index is 13.5. The molecule has 6 nitrogen and oxygen atoms in total. The van der Waals surface area contributed by atoms with Crippen LogP contribution in [0.1, 0.15) is 12.0 Å². The third kappa shape index (κ3) is 3.61. The van der Waals surface area contributed by atoms with Crippen LogP contribution in [0.4, 0.5) is 39.5 Å². The van der Waals surface area contributed by atoms with Gasteiger partial charge in [0.25, 0.3) is 0 Å². The molecule has 1 fully saturated rings. The summed E-state index contributed by atoms with van der Waals surface area (Å²) < 4.78 is 52.9. The lowest BCUT2D eigenvalue weighted by Crippen LogP contribution is -2.48. The van der Waals surface area contributed by atoms with Gasteiger partial charge in [-0.05, 0) is 30.7 Å². The van der Waals surface area contributed by atoms with E-state index in [1.807, 2.05) is 0 Å². The number of hydrogen-bond acceptors (Lipinski definition) is 4. The molecule has 1 N–H and O–H groups in total. The topological polar surface area (TPSA) is 61.4 Å². The first kappa shape index (κ1) is 20.2. The molecule has 0 aliphatic carbocycles. The smallest absolute Gasteiger partial charge is 0.366 e. The Hall–Kier alpha value is -3.69. The fourth-order valence-corrected chi connectivity index (χ4v) is 4.15. The van der Waals surface area contributed by atoms with Gasteiger partial charge in [0.2, 0.25) is 0 Å². The number of fused-ring (bicyclic) bond motifs is 4. The zero-order valence-electron chi connectivity index (χ0n) is 16.6. The highest BCUT2D eigenvalue weighted by molar-refractivity contribution is 6.04. The second-order valence-electron chi connectivity index (χ2n) is 7.70. The highest BCUT2D eigenvalue weighted by Gasteiger charge is 2.40. The molecule has 2 aliphatic rings. The first-order chi connectivity index (χ1) is 15.3. The van der Waals surface area contributed by atoms with Crippen molar-refractivity contribution in [1.29, 1.82) is 0 Å². The number of carbonyl (C=O) groups excluding carboxylic acids is 1. The summed E-state index contributed by atoms with van der Waals surface area (Å²) in [7, 11) is 0. The van der Waals surface area contributed by atoms with Crippen LogP contribution in [-0.4, -0.2) is 35.1 Å². The van der Waals surface area contributed by atoms with E-state index in [0.29, 0.717) is 30.0 Å². The van der Waals surface area contributed by atoms with Gasteiger partial charge in [0.05, 0.1) is 41.1 Å². The number of nitrogens with one attached hydrogen (secondary N) is 1. The third-order valence-electron chi connectivity index (χ3n) is 5.61. The van der Waals surface area contributed by atoms with Crippen molar-refractivity contribution < 1.29 is 22.4 Å². The van der Waals surface area contributed by atoms with E-state index in [4.69, 9.17) is 0 Å². The molecule has 1 saturated heterocycles. The van der Waals surface area contributed by atoms with E-state index >= 15 is 0 Å². The Bertz CT molecular complexity index is 1200. The summed E-state index contributed by atoms with van der Waals surface area (Å²) in [6, 6.07) is 8.83. The fourth-order valence-electron chi connectivity index (χ4n) is 4.15. The van der Waals surface area contributed by atoms with Gasteiger partial charge in [-0.2, -0.15) is 13.2 Å². The Labute approximate surface area is 180 Å². The molecule has 164 valence electrons. The molecule has 10 heteroatoms. The van der Waals surface area contributed by atoms with E-state index in [2.05, 4.69) is 20.2 Å².